The molecule has 0 spiro atoms. The zero-order valence-corrected chi connectivity index (χ0v) is 17.2. The van der Waals surface area contributed by atoms with Crippen molar-refractivity contribution in [2.75, 3.05) is 6.61 Å². The summed E-state index contributed by atoms with van der Waals surface area (Å²) in [7, 11) is 0. The number of esters is 1. The van der Waals surface area contributed by atoms with E-state index in [9.17, 15) is 4.79 Å². The normalized spacial score (nSPS) is 11.6. The predicted octanol–water partition coefficient (Wildman–Crippen LogP) is 5.79. The van der Waals surface area contributed by atoms with E-state index >= 15 is 0 Å². The van der Waals surface area contributed by atoms with Gasteiger partial charge >= 0.3 is 131 Å². The van der Waals surface area contributed by atoms with Crippen molar-refractivity contribution < 1.29 is 9.53 Å². The Morgan fingerprint density at radius 1 is 0.800 bits per heavy atom. The molecule has 0 rings (SSSR count). The molecule has 0 aliphatic carbocycles. The van der Waals surface area contributed by atoms with Gasteiger partial charge in [0.05, 0.1) is 0 Å². The maximum atomic E-state index is 11.7. The molecule has 0 radical (unpaired) electrons. The van der Waals surface area contributed by atoms with Crippen LogP contribution in [0.3, 0.4) is 0 Å². The van der Waals surface area contributed by atoms with Gasteiger partial charge in [0.15, 0.2) is 0 Å². The van der Waals surface area contributed by atoms with Crippen LogP contribution in [0.5, 0.6) is 0 Å². The third-order valence-corrected chi connectivity index (χ3v) is 20.2. The van der Waals surface area contributed by atoms with Gasteiger partial charge in [0, 0.05) is 0 Å². The molecule has 0 fully saturated rings. The van der Waals surface area contributed by atoms with Crippen LogP contribution >= 0.6 is 0 Å². The molecule has 0 aliphatic rings. The van der Waals surface area contributed by atoms with Crippen molar-refractivity contribution >= 4 is 24.3 Å². The quantitative estimate of drug-likeness (QED) is 0.294. The number of carbonyl (C=O) groups is 1. The molecule has 0 heterocycles. The van der Waals surface area contributed by atoms with E-state index in [0.717, 1.165) is 0 Å². The molecule has 3 heteroatoms. The molecule has 0 aromatic carbocycles. The molecule has 120 valence electrons. The molecule has 0 saturated heterocycles. The van der Waals surface area contributed by atoms with Gasteiger partial charge in [-0.25, -0.2) is 0 Å². The molecule has 0 aliphatic heterocycles. The number of carbonyl (C=O) groups excluding carboxylic acids is 1. The van der Waals surface area contributed by atoms with E-state index in [1.807, 2.05) is 6.92 Å². The van der Waals surface area contributed by atoms with Crippen LogP contribution in [0.1, 0.15) is 72.6 Å². The molecule has 0 N–H and O–H groups in total. The second kappa shape index (κ2) is 13.0. The van der Waals surface area contributed by atoms with Gasteiger partial charge in [0.1, 0.15) is 0 Å². The topological polar surface area (TPSA) is 26.3 Å². The molecule has 0 amide bonds. The predicted molar refractivity (Wildman–Crippen MR) is 91.0 cm³/mol. The molecule has 0 bridgehead atoms. The Bertz CT molecular complexity index is 219. The summed E-state index contributed by atoms with van der Waals surface area (Å²) in [5, 5.41) is 0. The van der Waals surface area contributed by atoms with E-state index in [0.29, 0.717) is 13.0 Å². The molecular formula is C17H36O2Sn. The van der Waals surface area contributed by atoms with Gasteiger partial charge in [-0.3, -0.25) is 0 Å². The molecule has 0 unspecified atom stereocenters. The van der Waals surface area contributed by atoms with Crippen LogP contribution in [0, 0.1) is 0 Å². The third-order valence-electron chi connectivity index (χ3n) is 4.35. The van der Waals surface area contributed by atoms with E-state index in [1.54, 1.807) is 0 Å². The number of unbranched alkanes of at least 4 members (excludes halogenated alkanes) is 3. The summed E-state index contributed by atoms with van der Waals surface area (Å²) in [4.78, 5) is 11.7. The molecule has 0 aromatic heterocycles. The summed E-state index contributed by atoms with van der Waals surface area (Å²) in [6, 6.07) is 0. The zero-order chi connectivity index (χ0) is 15.3. The van der Waals surface area contributed by atoms with Crippen molar-refractivity contribution in [2.24, 2.45) is 0 Å². The summed E-state index contributed by atoms with van der Waals surface area (Å²) in [5.41, 5.74) is 0. The van der Waals surface area contributed by atoms with Gasteiger partial charge in [-0.1, -0.05) is 0 Å². The van der Waals surface area contributed by atoms with Crippen molar-refractivity contribution in [1.82, 2.24) is 0 Å². The zero-order valence-electron chi connectivity index (χ0n) is 14.3. The molecule has 0 saturated carbocycles. The van der Waals surface area contributed by atoms with Crippen molar-refractivity contribution in [3.63, 3.8) is 0 Å². The van der Waals surface area contributed by atoms with Crippen molar-refractivity contribution in [1.29, 1.82) is 0 Å². The first-order chi connectivity index (χ1) is 9.64. The summed E-state index contributed by atoms with van der Waals surface area (Å²) in [6.07, 6.45) is 8.75. The third kappa shape index (κ3) is 9.25. The van der Waals surface area contributed by atoms with E-state index in [-0.39, 0.29) is 5.97 Å². The Balaban J connectivity index is 4.60. The van der Waals surface area contributed by atoms with Crippen LogP contribution in [0.4, 0.5) is 0 Å². The first-order valence-electron chi connectivity index (χ1n) is 8.79. The number of hydrogen-bond donors (Lipinski definition) is 0. The van der Waals surface area contributed by atoms with Gasteiger partial charge in [0.2, 0.25) is 0 Å². The van der Waals surface area contributed by atoms with Gasteiger partial charge in [-0.2, -0.15) is 0 Å². The van der Waals surface area contributed by atoms with Gasteiger partial charge in [-0.15, -0.1) is 0 Å². The minimum atomic E-state index is -2.09. The van der Waals surface area contributed by atoms with Crippen molar-refractivity contribution in [3.8, 4) is 0 Å². The van der Waals surface area contributed by atoms with Crippen molar-refractivity contribution in [3.05, 3.63) is 0 Å². The fraction of sp³-hybridized carbons (Fsp3) is 0.941. The molecule has 2 nitrogen and oxygen atoms in total. The minimum absolute atomic E-state index is 0.0399. The van der Waals surface area contributed by atoms with Crippen LogP contribution in [0.2, 0.25) is 17.7 Å². The van der Waals surface area contributed by atoms with Gasteiger partial charge in [-0.05, 0) is 0 Å². The molecule has 0 aromatic rings. The average Bonchev–Trinajstić information content (AvgIpc) is 2.46. The monoisotopic (exact) mass is 392 g/mol. The summed E-state index contributed by atoms with van der Waals surface area (Å²) in [6.45, 7) is 9.31. The van der Waals surface area contributed by atoms with E-state index < -0.39 is 18.4 Å². The van der Waals surface area contributed by atoms with Crippen LogP contribution in [0.15, 0.2) is 0 Å². The van der Waals surface area contributed by atoms with E-state index in [1.165, 1.54) is 56.3 Å². The van der Waals surface area contributed by atoms with Gasteiger partial charge < -0.3 is 0 Å². The first kappa shape index (κ1) is 20.3. The Morgan fingerprint density at radius 2 is 1.25 bits per heavy atom. The Kier molecular flexibility index (Phi) is 13.1. The number of ether oxygens (including phenoxy) is 1. The van der Waals surface area contributed by atoms with Crippen LogP contribution in [0.25, 0.3) is 0 Å². The average molecular weight is 391 g/mol. The molecule has 0 atom stereocenters. The number of hydrogen-bond acceptors (Lipinski definition) is 2. The Labute approximate surface area is 130 Å². The van der Waals surface area contributed by atoms with Gasteiger partial charge in [0.25, 0.3) is 0 Å². The Morgan fingerprint density at radius 3 is 1.60 bits per heavy atom. The summed E-state index contributed by atoms with van der Waals surface area (Å²) >= 11 is -2.09. The van der Waals surface area contributed by atoms with Crippen LogP contribution in [-0.4, -0.2) is 31.0 Å². The van der Waals surface area contributed by atoms with Crippen LogP contribution in [-0.2, 0) is 9.53 Å². The summed E-state index contributed by atoms with van der Waals surface area (Å²) in [5.74, 6) is 0.0399. The standard InChI is InChI=1S/C5H9O2.3C4H9.Sn/c1-3-5(6)7-4-2;3*1-3-4-2;/h1,3-4H2,2H3;3*1,3-4H2,2H3;. The second-order valence-corrected chi connectivity index (χ2v) is 20.4. The molecule has 20 heavy (non-hydrogen) atoms. The molecular weight excluding hydrogens is 355 g/mol. The fourth-order valence-electron chi connectivity index (χ4n) is 3.01. The van der Waals surface area contributed by atoms with E-state index in [4.69, 9.17) is 4.74 Å². The Hall–Kier alpha value is 0.269. The van der Waals surface area contributed by atoms with Crippen molar-refractivity contribution in [2.45, 2.75) is 90.4 Å². The number of rotatable bonds is 13. The summed E-state index contributed by atoms with van der Waals surface area (Å²) < 4.78 is 10.8. The fourth-order valence-corrected chi connectivity index (χ4v) is 18.8. The van der Waals surface area contributed by atoms with E-state index in [2.05, 4.69) is 20.8 Å². The first-order valence-corrected chi connectivity index (χ1v) is 16.9. The SMILES string of the molecule is CCC[CH2][Sn]([CH2]CCC)([CH2]CCC)[CH2]CC(=O)OCC. The maximum absolute atomic E-state index is 11.7. The second-order valence-electron chi connectivity index (χ2n) is 6.12. The van der Waals surface area contributed by atoms with Crippen LogP contribution < -0.4 is 0 Å².